The van der Waals surface area contributed by atoms with Crippen molar-refractivity contribution in [1.82, 2.24) is 4.90 Å². The van der Waals surface area contributed by atoms with Gasteiger partial charge in [0.05, 0.1) is 20.8 Å². The van der Waals surface area contributed by atoms with E-state index in [0.717, 1.165) is 5.56 Å². The van der Waals surface area contributed by atoms with E-state index in [-0.39, 0.29) is 18.4 Å². The number of anilines is 2. The van der Waals surface area contributed by atoms with Gasteiger partial charge < -0.3 is 20.1 Å². The molecule has 0 bridgehead atoms. The van der Waals surface area contributed by atoms with E-state index in [1.54, 1.807) is 50.6 Å². The fourth-order valence-electron chi connectivity index (χ4n) is 3.52. The summed E-state index contributed by atoms with van der Waals surface area (Å²) in [5, 5.41) is 5.84. The summed E-state index contributed by atoms with van der Waals surface area (Å²) in [7, 11) is 3.17. The molecule has 0 aliphatic carbocycles. The molecule has 3 aromatic rings. The third-order valence-electron chi connectivity index (χ3n) is 5.19. The third-order valence-corrected chi connectivity index (χ3v) is 5.19. The molecule has 3 rings (SSSR count). The summed E-state index contributed by atoms with van der Waals surface area (Å²) in [6, 6.07) is 23.1. The first-order valence-electron chi connectivity index (χ1n) is 10.7. The van der Waals surface area contributed by atoms with Gasteiger partial charge in [-0.25, -0.2) is 0 Å². The number of hydrogen-bond acceptors (Lipinski definition) is 5. The van der Waals surface area contributed by atoms with Crippen molar-refractivity contribution in [2.24, 2.45) is 0 Å². The van der Waals surface area contributed by atoms with E-state index in [1.807, 2.05) is 54.3 Å². The molecule has 0 aliphatic heterocycles. The molecule has 172 valence electrons. The lowest BCUT2D eigenvalue weighted by molar-refractivity contribution is -0.123. The Morgan fingerprint density at radius 3 is 2.15 bits per heavy atom. The van der Waals surface area contributed by atoms with Crippen LogP contribution >= 0.6 is 0 Å². The van der Waals surface area contributed by atoms with Gasteiger partial charge in [0, 0.05) is 17.4 Å². The van der Waals surface area contributed by atoms with Crippen molar-refractivity contribution >= 4 is 23.2 Å². The summed E-state index contributed by atoms with van der Waals surface area (Å²) in [5.74, 6) is 0.919. The molecule has 0 saturated carbocycles. The Hall–Kier alpha value is -3.84. The van der Waals surface area contributed by atoms with Crippen LogP contribution in [0.1, 0.15) is 18.5 Å². The number of nitrogens with one attached hydrogen (secondary N) is 2. The second-order valence-electron chi connectivity index (χ2n) is 7.37. The minimum Gasteiger partial charge on any atom is -0.497 e. The molecule has 3 aromatic carbocycles. The average Bonchev–Trinajstić information content (AvgIpc) is 2.84. The maximum Gasteiger partial charge on any atom is 0.246 e. The van der Waals surface area contributed by atoms with E-state index in [1.165, 1.54) is 0 Å². The number of carbonyl (C=O) groups excluding carboxylic acids is 2. The van der Waals surface area contributed by atoms with Crippen LogP contribution in [0, 0.1) is 0 Å². The van der Waals surface area contributed by atoms with E-state index in [2.05, 4.69) is 10.6 Å². The van der Waals surface area contributed by atoms with Gasteiger partial charge in [0.2, 0.25) is 11.8 Å². The molecule has 1 atom stereocenters. The van der Waals surface area contributed by atoms with Gasteiger partial charge in [-0.2, -0.15) is 0 Å². The summed E-state index contributed by atoms with van der Waals surface area (Å²) in [5.41, 5.74) is 2.09. The number of hydrogen-bond donors (Lipinski definition) is 2. The third kappa shape index (κ3) is 6.57. The number of methoxy groups -OCH3 is 2. The second kappa shape index (κ2) is 11.7. The Bertz CT molecular complexity index is 1050. The van der Waals surface area contributed by atoms with Crippen molar-refractivity contribution in [3.05, 3.63) is 84.4 Å². The van der Waals surface area contributed by atoms with Crippen molar-refractivity contribution in [1.29, 1.82) is 0 Å². The molecule has 7 nitrogen and oxygen atoms in total. The SMILES string of the molecule is CCN(CC(=O)Nc1ccc(OC)cc1)C(C(=O)Nc1cccc(OC)c1)c1ccccc1. The Balaban J connectivity index is 1.78. The molecule has 0 spiro atoms. The highest BCUT2D eigenvalue weighted by atomic mass is 16.5. The zero-order valence-corrected chi connectivity index (χ0v) is 19.1. The maximum atomic E-state index is 13.4. The molecule has 7 heteroatoms. The lowest BCUT2D eigenvalue weighted by atomic mass is 10.0. The summed E-state index contributed by atoms with van der Waals surface area (Å²) in [4.78, 5) is 28.0. The zero-order chi connectivity index (χ0) is 23.6. The molecule has 1 unspecified atom stereocenters. The number of rotatable bonds is 10. The number of amides is 2. The van der Waals surface area contributed by atoms with Crippen LogP contribution in [0.5, 0.6) is 11.5 Å². The minimum absolute atomic E-state index is 0.0492. The highest BCUT2D eigenvalue weighted by Gasteiger charge is 2.28. The molecule has 0 heterocycles. The van der Waals surface area contributed by atoms with E-state index >= 15 is 0 Å². The standard InChI is InChI=1S/C26H29N3O4/c1-4-29(18-24(30)27-20-13-15-22(32-2)16-14-20)25(19-9-6-5-7-10-19)26(31)28-21-11-8-12-23(17-21)33-3/h5-17,25H,4,18H2,1-3H3,(H,27,30)(H,28,31). The van der Waals surface area contributed by atoms with Crippen LogP contribution < -0.4 is 20.1 Å². The first kappa shape index (κ1) is 23.8. The largest absolute Gasteiger partial charge is 0.497 e. The number of nitrogens with zero attached hydrogens (tertiary/aromatic N) is 1. The molecule has 2 N–H and O–H groups in total. The Kier molecular flexibility index (Phi) is 8.43. The second-order valence-corrected chi connectivity index (χ2v) is 7.37. The van der Waals surface area contributed by atoms with Crippen LogP contribution in [-0.4, -0.2) is 44.0 Å². The van der Waals surface area contributed by atoms with E-state index < -0.39 is 6.04 Å². The molecule has 0 fully saturated rings. The highest BCUT2D eigenvalue weighted by molar-refractivity contribution is 5.97. The molecule has 33 heavy (non-hydrogen) atoms. The molecular formula is C26H29N3O4. The number of carbonyl (C=O) groups is 2. The number of likely N-dealkylation sites (N-methyl/N-ethyl adjacent to an activating group) is 1. The van der Waals surface area contributed by atoms with Gasteiger partial charge >= 0.3 is 0 Å². The predicted molar refractivity (Wildman–Crippen MR) is 130 cm³/mol. The van der Waals surface area contributed by atoms with Gasteiger partial charge in [-0.05, 0) is 48.5 Å². The fraction of sp³-hybridized carbons (Fsp3) is 0.231. The summed E-state index contributed by atoms with van der Waals surface area (Å²) >= 11 is 0. The average molecular weight is 448 g/mol. The van der Waals surface area contributed by atoms with Crippen molar-refractivity contribution in [2.75, 3.05) is 37.9 Å². The smallest absolute Gasteiger partial charge is 0.246 e. The monoisotopic (exact) mass is 447 g/mol. The molecular weight excluding hydrogens is 418 g/mol. The molecule has 0 saturated heterocycles. The van der Waals surface area contributed by atoms with E-state index in [0.29, 0.717) is 29.4 Å². The molecule has 0 aromatic heterocycles. The van der Waals surface area contributed by atoms with Gasteiger partial charge in [0.15, 0.2) is 0 Å². The predicted octanol–water partition coefficient (Wildman–Crippen LogP) is 4.34. The first-order valence-corrected chi connectivity index (χ1v) is 10.7. The van der Waals surface area contributed by atoms with Gasteiger partial charge in [-0.1, -0.05) is 43.3 Å². The maximum absolute atomic E-state index is 13.4. The summed E-state index contributed by atoms with van der Waals surface area (Å²) < 4.78 is 10.4. The minimum atomic E-state index is -0.649. The first-order chi connectivity index (χ1) is 16.0. The van der Waals surface area contributed by atoms with Gasteiger partial charge in [0.25, 0.3) is 0 Å². The van der Waals surface area contributed by atoms with Crippen molar-refractivity contribution < 1.29 is 19.1 Å². The van der Waals surface area contributed by atoms with Crippen molar-refractivity contribution in [2.45, 2.75) is 13.0 Å². The Labute approximate surface area is 194 Å². The van der Waals surface area contributed by atoms with Crippen LogP contribution in [0.15, 0.2) is 78.9 Å². The van der Waals surface area contributed by atoms with Gasteiger partial charge in [0.1, 0.15) is 17.5 Å². The van der Waals surface area contributed by atoms with E-state index in [9.17, 15) is 9.59 Å². The van der Waals surface area contributed by atoms with Gasteiger partial charge in [-0.15, -0.1) is 0 Å². The zero-order valence-electron chi connectivity index (χ0n) is 19.1. The quantitative estimate of drug-likeness (QED) is 0.483. The van der Waals surface area contributed by atoms with Crippen molar-refractivity contribution in [3.8, 4) is 11.5 Å². The van der Waals surface area contributed by atoms with Crippen molar-refractivity contribution in [3.63, 3.8) is 0 Å². The Morgan fingerprint density at radius 2 is 1.52 bits per heavy atom. The van der Waals surface area contributed by atoms with Crippen LogP contribution in [0.2, 0.25) is 0 Å². The van der Waals surface area contributed by atoms with E-state index in [4.69, 9.17) is 9.47 Å². The number of ether oxygens (including phenoxy) is 2. The highest BCUT2D eigenvalue weighted by Crippen LogP contribution is 2.24. The lowest BCUT2D eigenvalue weighted by Crippen LogP contribution is -2.41. The molecule has 0 radical (unpaired) electrons. The Morgan fingerprint density at radius 1 is 0.818 bits per heavy atom. The molecule has 2 amide bonds. The van der Waals surface area contributed by atoms with Gasteiger partial charge in [-0.3, -0.25) is 14.5 Å². The fourth-order valence-corrected chi connectivity index (χ4v) is 3.52. The number of benzene rings is 3. The van der Waals surface area contributed by atoms with Crippen LogP contribution in [-0.2, 0) is 9.59 Å². The molecule has 0 aliphatic rings. The normalized spacial score (nSPS) is 11.5. The lowest BCUT2D eigenvalue weighted by Gasteiger charge is -2.29. The summed E-state index contributed by atoms with van der Waals surface area (Å²) in [6.07, 6.45) is 0. The van der Waals surface area contributed by atoms with Crippen LogP contribution in [0.3, 0.4) is 0 Å². The van der Waals surface area contributed by atoms with Crippen LogP contribution in [0.25, 0.3) is 0 Å². The topological polar surface area (TPSA) is 79.9 Å². The van der Waals surface area contributed by atoms with Crippen LogP contribution in [0.4, 0.5) is 11.4 Å². The summed E-state index contributed by atoms with van der Waals surface area (Å²) in [6.45, 7) is 2.48.